The summed E-state index contributed by atoms with van der Waals surface area (Å²) in [6, 6.07) is 6.79. The van der Waals surface area contributed by atoms with Crippen molar-refractivity contribution < 1.29 is 19.1 Å². The van der Waals surface area contributed by atoms with Crippen LogP contribution in [0.4, 0.5) is 15.3 Å². The smallest absolute Gasteiger partial charge is 0.407 e. The molecule has 9 heteroatoms. The Kier molecular flexibility index (Phi) is 8.77. The van der Waals surface area contributed by atoms with E-state index in [2.05, 4.69) is 10.6 Å². The summed E-state index contributed by atoms with van der Waals surface area (Å²) in [5.74, 6) is 0.0260. The topological polar surface area (TPSA) is 91.0 Å². The van der Waals surface area contributed by atoms with Crippen LogP contribution in [0.15, 0.2) is 24.3 Å². The molecule has 1 heterocycles. The molecule has 0 bridgehead atoms. The number of ether oxygens (including phenoxy) is 1. The molecule has 1 aromatic carbocycles. The summed E-state index contributed by atoms with van der Waals surface area (Å²) in [6.07, 6.45) is 1.11. The minimum atomic E-state index is -0.545. The number of nitrogens with one attached hydrogen (secondary N) is 2. The lowest BCUT2D eigenvalue weighted by Crippen LogP contribution is -2.39. The number of alkyl carbamates (subject to hydrolysis) is 1. The van der Waals surface area contributed by atoms with Crippen LogP contribution in [0.1, 0.15) is 40.0 Å². The average Bonchev–Trinajstić information content (AvgIpc) is 2.90. The Balaban J connectivity index is 1.71. The van der Waals surface area contributed by atoms with Crippen molar-refractivity contribution in [1.82, 2.24) is 15.1 Å². The Labute approximate surface area is 182 Å². The number of benzene rings is 1. The number of amides is 4. The van der Waals surface area contributed by atoms with Gasteiger partial charge in [-0.05, 0) is 51.8 Å². The summed E-state index contributed by atoms with van der Waals surface area (Å²) >= 11 is 5.95. The Morgan fingerprint density at radius 1 is 1.10 bits per heavy atom. The molecule has 1 saturated heterocycles. The van der Waals surface area contributed by atoms with Crippen molar-refractivity contribution in [3.8, 4) is 0 Å². The van der Waals surface area contributed by atoms with E-state index < -0.39 is 11.7 Å². The van der Waals surface area contributed by atoms with Crippen LogP contribution in [-0.4, -0.2) is 66.2 Å². The molecule has 1 fully saturated rings. The summed E-state index contributed by atoms with van der Waals surface area (Å²) in [4.78, 5) is 40.1. The zero-order chi connectivity index (χ0) is 22.1. The first-order chi connectivity index (χ1) is 14.1. The average molecular weight is 439 g/mol. The predicted octanol–water partition coefficient (Wildman–Crippen LogP) is 3.71. The molecule has 1 aliphatic rings. The van der Waals surface area contributed by atoms with Gasteiger partial charge in [-0.2, -0.15) is 0 Å². The van der Waals surface area contributed by atoms with Gasteiger partial charge in [0, 0.05) is 49.9 Å². The first-order valence-corrected chi connectivity index (χ1v) is 10.6. The van der Waals surface area contributed by atoms with Crippen LogP contribution in [-0.2, 0) is 9.53 Å². The highest BCUT2D eigenvalue weighted by atomic mass is 35.5. The van der Waals surface area contributed by atoms with E-state index in [1.165, 1.54) is 0 Å². The van der Waals surface area contributed by atoms with Crippen molar-refractivity contribution in [3.63, 3.8) is 0 Å². The molecule has 0 spiro atoms. The van der Waals surface area contributed by atoms with E-state index in [0.29, 0.717) is 62.7 Å². The lowest BCUT2D eigenvalue weighted by Gasteiger charge is -2.23. The Hall–Kier alpha value is -2.48. The van der Waals surface area contributed by atoms with E-state index in [4.69, 9.17) is 16.3 Å². The Morgan fingerprint density at radius 3 is 2.50 bits per heavy atom. The molecule has 0 atom stereocenters. The summed E-state index contributed by atoms with van der Waals surface area (Å²) in [5.41, 5.74) is 0.0961. The maximum absolute atomic E-state index is 12.5. The molecule has 1 aliphatic heterocycles. The number of rotatable bonds is 5. The number of carbonyl (C=O) groups is 3. The molecule has 2 N–H and O–H groups in total. The number of halogens is 1. The number of nitrogens with zero attached hydrogens (tertiary/aromatic N) is 2. The fourth-order valence-electron chi connectivity index (χ4n) is 3.04. The molecule has 0 saturated carbocycles. The van der Waals surface area contributed by atoms with Gasteiger partial charge in [-0.15, -0.1) is 0 Å². The normalized spacial score (nSPS) is 14.7. The van der Waals surface area contributed by atoms with Gasteiger partial charge in [0.1, 0.15) is 5.60 Å². The molecule has 0 aliphatic carbocycles. The van der Waals surface area contributed by atoms with Crippen LogP contribution in [0.25, 0.3) is 0 Å². The largest absolute Gasteiger partial charge is 0.444 e. The van der Waals surface area contributed by atoms with Crippen molar-refractivity contribution in [2.24, 2.45) is 0 Å². The molecule has 0 unspecified atom stereocenters. The summed E-state index contributed by atoms with van der Waals surface area (Å²) < 4.78 is 5.16. The molecule has 1 aromatic rings. The second kappa shape index (κ2) is 11.1. The quantitative estimate of drug-likeness (QED) is 0.685. The van der Waals surface area contributed by atoms with E-state index in [0.717, 1.165) is 0 Å². The Morgan fingerprint density at radius 2 is 1.80 bits per heavy atom. The monoisotopic (exact) mass is 438 g/mol. The van der Waals surface area contributed by atoms with Crippen LogP contribution in [0.5, 0.6) is 0 Å². The van der Waals surface area contributed by atoms with E-state index >= 15 is 0 Å². The highest BCUT2D eigenvalue weighted by Gasteiger charge is 2.22. The van der Waals surface area contributed by atoms with Gasteiger partial charge in [-0.1, -0.05) is 17.7 Å². The van der Waals surface area contributed by atoms with Gasteiger partial charge in [-0.25, -0.2) is 9.59 Å². The zero-order valence-electron chi connectivity index (χ0n) is 17.9. The molecular formula is C21H31ClN4O4. The van der Waals surface area contributed by atoms with Crippen molar-refractivity contribution in [3.05, 3.63) is 29.3 Å². The van der Waals surface area contributed by atoms with Crippen LogP contribution in [0, 0.1) is 0 Å². The number of hydrogen-bond acceptors (Lipinski definition) is 4. The standard InChI is InChI=1S/C21H31ClN4O4/c1-21(2,3)30-20(29)23-10-5-9-18(27)25-11-6-12-26(14-13-25)19(28)24-17-8-4-7-16(22)15-17/h4,7-8,15H,5-6,9-14H2,1-3H3,(H,23,29)(H,24,28). The summed E-state index contributed by atoms with van der Waals surface area (Å²) in [6.45, 7) is 7.92. The molecular weight excluding hydrogens is 408 g/mol. The summed E-state index contributed by atoms with van der Waals surface area (Å²) in [5, 5.41) is 6.05. The molecule has 8 nitrogen and oxygen atoms in total. The zero-order valence-corrected chi connectivity index (χ0v) is 18.6. The van der Waals surface area contributed by atoms with Crippen molar-refractivity contribution in [2.75, 3.05) is 38.0 Å². The predicted molar refractivity (Wildman–Crippen MR) is 117 cm³/mol. The Bertz CT molecular complexity index is 751. The highest BCUT2D eigenvalue weighted by Crippen LogP contribution is 2.16. The van der Waals surface area contributed by atoms with E-state index in [-0.39, 0.29) is 11.9 Å². The second-order valence-electron chi connectivity index (χ2n) is 8.19. The van der Waals surface area contributed by atoms with Crippen LogP contribution < -0.4 is 10.6 Å². The summed E-state index contributed by atoms with van der Waals surface area (Å²) in [7, 11) is 0. The van der Waals surface area contributed by atoms with Crippen LogP contribution >= 0.6 is 11.6 Å². The van der Waals surface area contributed by atoms with Gasteiger partial charge >= 0.3 is 12.1 Å². The van der Waals surface area contributed by atoms with Crippen LogP contribution in [0.3, 0.4) is 0 Å². The number of carbonyl (C=O) groups excluding carboxylic acids is 3. The van der Waals surface area contributed by atoms with Gasteiger partial charge < -0.3 is 25.2 Å². The van der Waals surface area contributed by atoms with Crippen LogP contribution in [0.2, 0.25) is 5.02 Å². The van der Waals surface area contributed by atoms with Crippen molar-refractivity contribution in [2.45, 2.75) is 45.6 Å². The first-order valence-electron chi connectivity index (χ1n) is 10.2. The SMILES string of the molecule is CC(C)(C)OC(=O)NCCCC(=O)N1CCCN(C(=O)Nc2cccc(Cl)c2)CC1. The van der Waals surface area contributed by atoms with Gasteiger partial charge in [0.25, 0.3) is 0 Å². The number of urea groups is 1. The molecule has 166 valence electrons. The maximum atomic E-state index is 12.5. The lowest BCUT2D eigenvalue weighted by atomic mass is 10.2. The van der Waals surface area contributed by atoms with Crippen molar-refractivity contribution >= 4 is 35.3 Å². The van der Waals surface area contributed by atoms with E-state index in [1.54, 1.807) is 54.8 Å². The maximum Gasteiger partial charge on any atom is 0.407 e. The molecule has 0 radical (unpaired) electrons. The minimum absolute atomic E-state index is 0.0260. The molecule has 4 amide bonds. The van der Waals surface area contributed by atoms with Gasteiger partial charge in [0.15, 0.2) is 0 Å². The van der Waals surface area contributed by atoms with E-state index in [1.807, 2.05) is 0 Å². The molecule has 30 heavy (non-hydrogen) atoms. The third-order valence-corrected chi connectivity index (χ3v) is 4.68. The first kappa shape index (κ1) is 23.8. The third kappa shape index (κ3) is 8.49. The second-order valence-corrected chi connectivity index (χ2v) is 8.63. The van der Waals surface area contributed by atoms with E-state index in [9.17, 15) is 14.4 Å². The van der Waals surface area contributed by atoms with Gasteiger partial charge in [0.05, 0.1) is 0 Å². The highest BCUT2D eigenvalue weighted by molar-refractivity contribution is 6.30. The fraction of sp³-hybridized carbons (Fsp3) is 0.571. The fourth-order valence-corrected chi connectivity index (χ4v) is 3.23. The van der Waals surface area contributed by atoms with Gasteiger partial charge in [-0.3, -0.25) is 4.79 Å². The lowest BCUT2D eigenvalue weighted by molar-refractivity contribution is -0.131. The number of anilines is 1. The molecule has 0 aromatic heterocycles. The minimum Gasteiger partial charge on any atom is -0.444 e. The third-order valence-electron chi connectivity index (χ3n) is 4.45. The molecule has 2 rings (SSSR count). The van der Waals surface area contributed by atoms with Gasteiger partial charge in [0.2, 0.25) is 5.91 Å². The number of hydrogen-bond donors (Lipinski definition) is 2. The van der Waals surface area contributed by atoms with Crippen molar-refractivity contribution in [1.29, 1.82) is 0 Å².